The van der Waals surface area contributed by atoms with Crippen molar-refractivity contribution < 1.29 is 69.0 Å². The molecule has 70 heavy (non-hydrogen) atoms. The van der Waals surface area contributed by atoms with Crippen LogP contribution in [0, 0.1) is 0 Å². The maximum atomic E-state index is 13.0. The van der Waals surface area contributed by atoms with Gasteiger partial charge in [-0.15, -0.1) is 0 Å². The Morgan fingerprint density at radius 2 is 0.757 bits per heavy atom. The molecule has 2 saturated heterocycles. The smallest absolute Gasteiger partial charge is 0.306 e. The summed E-state index contributed by atoms with van der Waals surface area (Å²) in [5.74, 6) is -0.369. The van der Waals surface area contributed by atoms with Gasteiger partial charge in [-0.05, 0) is 12.8 Å². The van der Waals surface area contributed by atoms with Crippen molar-refractivity contribution in [3.8, 4) is 0 Å². The molecule has 0 aliphatic carbocycles. The summed E-state index contributed by atoms with van der Waals surface area (Å²) in [5.41, 5.74) is 0. The molecule has 0 radical (unpaired) electrons. The molecular weight excluding hydrogens is 897 g/mol. The summed E-state index contributed by atoms with van der Waals surface area (Å²) in [7, 11) is 0. The van der Waals surface area contributed by atoms with Gasteiger partial charge in [0.1, 0.15) is 54.9 Å². The Morgan fingerprint density at radius 1 is 0.414 bits per heavy atom. The van der Waals surface area contributed by atoms with Crippen LogP contribution in [-0.4, -0.2) is 142 Å². The second-order valence-electron chi connectivity index (χ2n) is 20.8. The van der Waals surface area contributed by atoms with Gasteiger partial charge in [0.25, 0.3) is 0 Å². The molecule has 0 saturated carbocycles. The third-order valence-corrected chi connectivity index (χ3v) is 14.4. The van der Waals surface area contributed by atoms with Crippen LogP contribution in [0.3, 0.4) is 0 Å². The van der Waals surface area contributed by atoms with Gasteiger partial charge in [-0.3, -0.25) is 4.79 Å². The van der Waals surface area contributed by atoms with E-state index in [0.29, 0.717) is 6.61 Å². The molecule has 0 aromatic rings. The largest absolute Gasteiger partial charge is 0.457 e. The maximum Gasteiger partial charge on any atom is 0.306 e. The van der Waals surface area contributed by atoms with Crippen LogP contribution in [0.2, 0.25) is 0 Å². The standard InChI is InChI=1S/C56H108O14/c1-3-5-7-9-11-13-15-17-19-20-21-22-23-24-25-26-28-30-32-34-36-38-40-65-42-45(68-48(58)39-37-35-33-31-29-27-18-16-14-12-10-8-6-4-2)43-66-55-54(64)52(62)50(60)47(70-55)44-67-56-53(63)51(61)49(59)46(41-57)69-56/h45-47,49-57,59-64H,3-44H2,1-2H3. The Kier molecular flexibility index (Phi) is 41.2. The fourth-order valence-corrected chi connectivity index (χ4v) is 9.64. The van der Waals surface area contributed by atoms with Crippen molar-refractivity contribution in [3.05, 3.63) is 0 Å². The number of esters is 1. The van der Waals surface area contributed by atoms with Gasteiger partial charge in [0.15, 0.2) is 12.6 Å². The molecule has 0 amide bonds. The number of unbranched alkanes of at least 4 members (excludes halogenated alkanes) is 34. The van der Waals surface area contributed by atoms with E-state index in [2.05, 4.69) is 13.8 Å². The van der Waals surface area contributed by atoms with Crippen molar-refractivity contribution >= 4 is 5.97 Å². The van der Waals surface area contributed by atoms with Crippen LogP contribution in [0.25, 0.3) is 0 Å². The molecule has 14 heteroatoms. The third-order valence-electron chi connectivity index (χ3n) is 14.4. The van der Waals surface area contributed by atoms with Gasteiger partial charge < -0.3 is 64.2 Å². The van der Waals surface area contributed by atoms with E-state index in [4.69, 9.17) is 28.4 Å². The normalized spacial score (nSPS) is 25.4. The highest BCUT2D eigenvalue weighted by atomic mass is 16.7. The number of ether oxygens (including phenoxy) is 6. The first kappa shape index (κ1) is 65.1. The molecule has 2 aliphatic rings. The number of carbonyl (C=O) groups excluding carboxylic acids is 1. The summed E-state index contributed by atoms with van der Waals surface area (Å²) >= 11 is 0. The molecular formula is C56H108O14. The van der Waals surface area contributed by atoms with Crippen molar-refractivity contribution in [1.29, 1.82) is 0 Å². The lowest BCUT2D eigenvalue weighted by molar-refractivity contribution is -0.332. The molecule has 2 rings (SSSR count). The highest BCUT2D eigenvalue weighted by Crippen LogP contribution is 2.27. The molecule has 7 N–H and O–H groups in total. The van der Waals surface area contributed by atoms with E-state index in [1.165, 1.54) is 186 Å². The summed E-state index contributed by atoms with van der Waals surface area (Å²) < 4.78 is 34.4. The van der Waals surface area contributed by atoms with Crippen LogP contribution >= 0.6 is 0 Å². The first-order valence-electron chi connectivity index (χ1n) is 29.1. The molecule has 2 aliphatic heterocycles. The van der Waals surface area contributed by atoms with Gasteiger partial charge in [-0.2, -0.15) is 0 Å². The van der Waals surface area contributed by atoms with Crippen LogP contribution in [0.1, 0.15) is 251 Å². The van der Waals surface area contributed by atoms with Crippen molar-refractivity contribution in [2.45, 2.75) is 319 Å². The topological polar surface area (TPSA) is 214 Å². The SMILES string of the molecule is CCCCCCCCCCCCCCCCCCCCCCCCOCC(COC1OC(COC2OC(CO)C(O)C(O)C2O)C(O)C(O)C1O)OC(=O)CCCCCCCCCCCCCCCC. The highest BCUT2D eigenvalue weighted by molar-refractivity contribution is 5.69. The molecule has 0 aromatic heterocycles. The number of aliphatic hydroxyl groups excluding tert-OH is 7. The molecule has 11 atom stereocenters. The first-order valence-corrected chi connectivity index (χ1v) is 29.1. The maximum absolute atomic E-state index is 13.0. The van der Waals surface area contributed by atoms with E-state index in [0.717, 1.165) is 44.9 Å². The fraction of sp³-hybridized carbons (Fsp3) is 0.982. The third kappa shape index (κ3) is 31.0. The summed E-state index contributed by atoms with van der Waals surface area (Å²) in [6.07, 6.45) is 30.2. The van der Waals surface area contributed by atoms with Crippen molar-refractivity contribution in [1.82, 2.24) is 0 Å². The van der Waals surface area contributed by atoms with E-state index in [1.54, 1.807) is 0 Å². The van der Waals surface area contributed by atoms with E-state index in [-0.39, 0.29) is 25.6 Å². The summed E-state index contributed by atoms with van der Waals surface area (Å²) in [5, 5.41) is 72.3. The molecule has 2 fully saturated rings. The number of aliphatic hydroxyl groups is 7. The molecule has 0 bridgehead atoms. The lowest BCUT2D eigenvalue weighted by Gasteiger charge is -2.42. The fourth-order valence-electron chi connectivity index (χ4n) is 9.64. The van der Waals surface area contributed by atoms with Crippen LogP contribution in [0.5, 0.6) is 0 Å². The van der Waals surface area contributed by atoms with E-state index in [9.17, 15) is 40.5 Å². The summed E-state index contributed by atoms with van der Waals surface area (Å²) in [6.45, 7) is 3.76. The number of hydrogen-bond acceptors (Lipinski definition) is 14. The first-order chi connectivity index (χ1) is 34.1. The predicted octanol–water partition coefficient (Wildman–Crippen LogP) is 10.0. The molecule has 11 unspecified atom stereocenters. The van der Waals surface area contributed by atoms with Gasteiger partial charge in [0, 0.05) is 13.0 Å². The molecule has 416 valence electrons. The van der Waals surface area contributed by atoms with Crippen molar-refractivity contribution in [2.75, 3.05) is 33.0 Å². The van der Waals surface area contributed by atoms with Gasteiger partial charge in [-0.1, -0.05) is 232 Å². The van der Waals surface area contributed by atoms with Crippen LogP contribution in [0.15, 0.2) is 0 Å². The molecule has 0 spiro atoms. The summed E-state index contributed by atoms with van der Waals surface area (Å²) in [4.78, 5) is 13.0. The second-order valence-corrected chi connectivity index (χ2v) is 20.8. The minimum absolute atomic E-state index is 0.0708. The van der Waals surface area contributed by atoms with Crippen LogP contribution < -0.4 is 0 Å². The van der Waals surface area contributed by atoms with Gasteiger partial charge in [0.2, 0.25) is 0 Å². The van der Waals surface area contributed by atoms with Gasteiger partial charge in [-0.25, -0.2) is 0 Å². The van der Waals surface area contributed by atoms with Crippen LogP contribution in [0.4, 0.5) is 0 Å². The van der Waals surface area contributed by atoms with Gasteiger partial charge in [0.05, 0.1) is 26.4 Å². The average molecular weight is 1010 g/mol. The van der Waals surface area contributed by atoms with E-state index < -0.39 is 80.7 Å². The Morgan fingerprint density at radius 3 is 1.16 bits per heavy atom. The highest BCUT2D eigenvalue weighted by Gasteiger charge is 2.47. The molecule has 0 aromatic carbocycles. The Bertz CT molecular complexity index is 1170. The minimum Gasteiger partial charge on any atom is -0.457 e. The zero-order chi connectivity index (χ0) is 50.9. The minimum atomic E-state index is -1.70. The van der Waals surface area contributed by atoms with E-state index in [1.807, 2.05) is 0 Å². The Hall–Kier alpha value is -1.01. The number of carbonyl (C=O) groups is 1. The average Bonchev–Trinajstić information content (AvgIpc) is 3.36. The van der Waals surface area contributed by atoms with Crippen LogP contribution in [-0.2, 0) is 33.2 Å². The van der Waals surface area contributed by atoms with Gasteiger partial charge >= 0.3 is 5.97 Å². The molecule has 14 nitrogen and oxygen atoms in total. The summed E-state index contributed by atoms with van der Waals surface area (Å²) in [6, 6.07) is 0. The monoisotopic (exact) mass is 1000 g/mol. The lowest BCUT2D eigenvalue weighted by Crippen LogP contribution is -2.61. The number of hydrogen-bond donors (Lipinski definition) is 7. The second kappa shape index (κ2) is 44.3. The lowest BCUT2D eigenvalue weighted by atomic mass is 9.98. The van der Waals surface area contributed by atoms with Crippen molar-refractivity contribution in [3.63, 3.8) is 0 Å². The zero-order valence-electron chi connectivity index (χ0n) is 44.5. The predicted molar refractivity (Wildman–Crippen MR) is 275 cm³/mol. The zero-order valence-corrected chi connectivity index (χ0v) is 44.5. The van der Waals surface area contributed by atoms with Crippen molar-refractivity contribution in [2.24, 2.45) is 0 Å². The Labute approximate surface area is 425 Å². The van der Waals surface area contributed by atoms with E-state index >= 15 is 0 Å². The number of rotatable bonds is 48. The Balaban J connectivity index is 1.69. The quantitative estimate of drug-likeness (QED) is 0.0223. The molecule has 2 heterocycles.